The summed E-state index contributed by atoms with van der Waals surface area (Å²) >= 11 is 6.04. The van der Waals surface area contributed by atoms with Crippen molar-refractivity contribution < 1.29 is 27.6 Å². The number of aromatic nitrogens is 2. The first-order chi connectivity index (χ1) is 15.7. The van der Waals surface area contributed by atoms with Gasteiger partial charge >= 0.3 is 5.97 Å². The molecule has 1 atom stereocenters. The lowest BCUT2D eigenvalue weighted by Gasteiger charge is -2.17. The molecule has 2 N–H and O–H groups in total. The van der Waals surface area contributed by atoms with Gasteiger partial charge in [0.25, 0.3) is 0 Å². The fourth-order valence-electron chi connectivity index (χ4n) is 3.44. The van der Waals surface area contributed by atoms with Crippen molar-refractivity contribution in [1.29, 1.82) is 0 Å². The van der Waals surface area contributed by atoms with Crippen LogP contribution in [0.25, 0.3) is 11.4 Å². The minimum absolute atomic E-state index is 0.0731. The van der Waals surface area contributed by atoms with E-state index in [4.69, 9.17) is 20.9 Å². The monoisotopic (exact) mass is 491 g/mol. The van der Waals surface area contributed by atoms with Crippen molar-refractivity contribution in [1.82, 2.24) is 14.9 Å². The third-order valence-corrected chi connectivity index (χ3v) is 7.44. The van der Waals surface area contributed by atoms with Gasteiger partial charge in [-0.2, -0.15) is 9.71 Å². The third kappa shape index (κ3) is 5.02. The van der Waals surface area contributed by atoms with Crippen LogP contribution in [0.1, 0.15) is 35.8 Å². The molecular formula is C22H22ClN3O6S. The highest BCUT2D eigenvalue weighted by Gasteiger charge is 2.31. The molecule has 4 rings (SSSR count). The van der Waals surface area contributed by atoms with Gasteiger partial charge in [-0.1, -0.05) is 28.9 Å². The molecule has 1 saturated carbocycles. The number of nitrogens with zero attached hydrogens (tertiary/aromatic N) is 2. The highest BCUT2D eigenvalue weighted by Crippen LogP contribution is 2.40. The number of ether oxygens (including phenoxy) is 1. The summed E-state index contributed by atoms with van der Waals surface area (Å²) in [6.07, 6.45) is 1.90. The van der Waals surface area contributed by atoms with Crippen molar-refractivity contribution in [3.8, 4) is 17.1 Å². The second-order valence-corrected chi connectivity index (χ2v) is 9.93. The maximum Gasteiger partial charge on any atom is 0.322 e. The van der Waals surface area contributed by atoms with Crippen LogP contribution in [0.4, 0.5) is 0 Å². The third-order valence-electron chi connectivity index (χ3n) is 5.42. The van der Waals surface area contributed by atoms with Gasteiger partial charge in [0, 0.05) is 10.9 Å². The van der Waals surface area contributed by atoms with E-state index in [0.717, 1.165) is 12.8 Å². The van der Waals surface area contributed by atoms with Crippen LogP contribution < -0.4 is 9.46 Å². The van der Waals surface area contributed by atoms with E-state index in [-0.39, 0.29) is 22.3 Å². The van der Waals surface area contributed by atoms with E-state index in [0.29, 0.717) is 34.2 Å². The number of halogens is 1. The standard InChI is InChI=1S/C22H22ClN3O6S/c1-12-16(23)4-3-5-19(12)33(29,30)26-17(22(27)28)11-13-6-9-18(31-2)15(10-13)20-24-21(32-25-20)14-7-8-14/h3-6,9-10,14,17,26H,7-8,11H2,1-2H3,(H,27,28). The molecular weight excluding hydrogens is 470 g/mol. The molecule has 174 valence electrons. The smallest absolute Gasteiger partial charge is 0.322 e. The topological polar surface area (TPSA) is 132 Å². The van der Waals surface area contributed by atoms with E-state index >= 15 is 0 Å². The molecule has 11 heteroatoms. The average Bonchev–Trinajstić information content (AvgIpc) is 3.51. The fourth-order valence-corrected chi connectivity index (χ4v) is 5.13. The Kier molecular flexibility index (Phi) is 6.42. The van der Waals surface area contributed by atoms with Gasteiger partial charge < -0.3 is 14.4 Å². The number of aliphatic carboxylic acids is 1. The molecule has 2 aromatic carbocycles. The van der Waals surface area contributed by atoms with Gasteiger partial charge in [-0.15, -0.1) is 0 Å². The number of carboxylic acid groups (broad SMARTS) is 1. The minimum Gasteiger partial charge on any atom is -0.496 e. The van der Waals surface area contributed by atoms with Gasteiger partial charge in [-0.05, 0) is 61.6 Å². The lowest BCUT2D eigenvalue weighted by atomic mass is 10.0. The fraction of sp³-hybridized carbons (Fsp3) is 0.318. The van der Waals surface area contributed by atoms with Crippen molar-refractivity contribution in [2.75, 3.05) is 7.11 Å². The Morgan fingerprint density at radius 3 is 2.76 bits per heavy atom. The van der Waals surface area contributed by atoms with Gasteiger partial charge in [-0.25, -0.2) is 8.42 Å². The van der Waals surface area contributed by atoms with Gasteiger partial charge in [0.2, 0.25) is 21.7 Å². The van der Waals surface area contributed by atoms with Crippen LogP contribution >= 0.6 is 11.6 Å². The average molecular weight is 492 g/mol. The van der Waals surface area contributed by atoms with Crippen LogP contribution in [-0.2, 0) is 21.2 Å². The van der Waals surface area contributed by atoms with Crippen LogP contribution in [0, 0.1) is 6.92 Å². The number of methoxy groups -OCH3 is 1. The van der Waals surface area contributed by atoms with Crippen molar-refractivity contribution >= 4 is 27.6 Å². The van der Waals surface area contributed by atoms with E-state index < -0.39 is 22.0 Å². The number of sulfonamides is 1. The molecule has 0 amide bonds. The highest BCUT2D eigenvalue weighted by atomic mass is 35.5. The Labute approximate surface area is 195 Å². The molecule has 1 aromatic heterocycles. The second-order valence-electron chi connectivity index (χ2n) is 7.84. The summed E-state index contributed by atoms with van der Waals surface area (Å²) in [7, 11) is -2.63. The first-order valence-electron chi connectivity index (χ1n) is 10.2. The normalized spacial score (nSPS) is 14.8. The predicted octanol–water partition coefficient (Wildman–Crippen LogP) is 3.56. The molecule has 3 aromatic rings. The minimum atomic E-state index is -4.13. The van der Waals surface area contributed by atoms with Crippen molar-refractivity contribution in [3.05, 3.63) is 58.4 Å². The number of benzene rings is 2. The lowest BCUT2D eigenvalue weighted by molar-refractivity contribution is -0.138. The SMILES string of the molecule is COc1ccc(CC(NS(=O)(=O)c2cccc(Cl)c2C)C(=O)O)cc1-c1noc(C2CC2)n1. The molecule has 0 radical (unpaired) electrons. The van der Waals surface area contributed by atoms with E-state index in [1.807, 2.05) is 0 Å². The van der Waals surface area contributed by atoms with E-state index in [1.54, 1.807) is 31.2 Å². The molecule has 1 aliphatic rings. The second kappa shape index (κ2) is 9.12. The maximum absolute atomic E-state index is 12.9. The molecule has 9 nitrogen and oxygen atoms in total. The summed E-state index contributed by atoms with van der Waals surface area (Å²) in [4.78, 5) is 16.3. The Balaban J connectivity index is 1.61. The number of carboxylic acids is 1. The van der Waals surface area contributed by atoms with Gasteiger partial charge in [0.15, 0.2) is 0 Å². The van der Waals surface area contributed by atoms with Crippen LogP contribution in [0.5, 0.6) is 5.75 Å². The quantitative estimate of drug-likeness (QED) is 0.464. The molecule has 1 heterocycles. The van der Waals surface area contributed by atoms with E-state index in [2.05, 4.69) is 14.9 Å². The first kappa shape index (κ1) is 23.2. The number of carbonyl (C=O) groups is 1. The van der Waals surface area contributed by atoms with Crippen LogP contribution in [0.15, 0.2) is 45.8 Å². The summed E-state index contributed by atoms with van der Waals surface area (Å²) < 4.78 is 38.8. The maximum atomic E-state index is 12.9. The molecule has 0 spiro atoms. The Morgan fingerprint density at radius 1 is 1.33 bits per heavy atom. The zero-order valence-electron chi connectivity index (χ0n) is 17.9. The largest absolute Gasteiger partial charge is 0.496 e. The molecule has 0 bridgehead atoms. The zero-order chi connectivity index (χ0) is 23.8. The summed E-state index contributed by atoms with van der Waals surface area (Å²) in [5.74, 6) is 0.347. The molecule has 1 fully saturated rings. The van der Waals surface area contributed by atoms with E-state index in [1.165, 1.54) is 19.2 Å². The molecule has 1 aliphatic carbocycles. The highest BCUT2D eigenvalue weighted by molar-refractivity contribution is 7.89. The molecule has 0 saturated heterocycles. The van der Waals surface area contributed by atoms with Gasteiger partial charge in [-0.3, -0.25) is 4.79 Å². The molecule has 0 aliphatic heterocycles. The molecule has 1 unspecified atom stereocenters. The van der Waals surface area contributed by atoms with Gasteiger partial charge in [0.05, 0.1) is 17.6 Å². The summed E-state index contributed by atoms with van der Waals surface area (Å²) in [6.45, 7) is 1.56. The summed E-state index contributed by atoms with van der Waals surface area (Å²) in [6, 6.07) is 8.02. The number of hydrogen-bond donors (Lipinski definition) is 2. The van der Waals surface area contributed by atoms with Crippen molar-refractivity contribution in [2.45, 2.75) is 43.0 Å². The van der Waals surface area contributed by atoms with Crippen LogP contribution in [-0.4, -0.2) is 42.8 Å². The number of rotatable bonds is 9. The predicted molar refractivity (Wildman–Crippen MR) is 120 cm³/mol. The van der Waals surface area contributed by atoms with Crippen molar-refractivity contribution in [3.63, 3.8) is 0 Å². The van der Waals surface area contributed by atoms with Gasteiger partial charge in [0.1, 0.15) is 11.8 Å². The zero-order valence-corrected chi connectivity index (χ0v) is 19.5. The first-order valence-corrected chi connectivity index (χ1v) is 12.1. The van der Waals surface area contributed by atoms with Crippen LogP contribution in [0.3, 0.4) is 0 Å². The Bertz CT molecular complexity index is 1300. The van der Waals surface area contributed by atoms with Crippen molar-refractivity contribution in [2.24, 2.45) is 0 Å². The summed E-state index contributed by atoms with van der Waals surface area (Å²) in [5.41, 5.74) is 1.43. The number of hydrogen-bond acceptors (Lipinski definition) is 7. The van der Waals surface area contributed by atoms with E-state index in [9.17, 15) is 18.3 Å². The molecule has 33 heavy (non-hydrogen) atoms. The summed E-state index contributed by atoms with van der Waals surface area (Å²) in [5, 5.41) is 14.0. The Morgan fingerprint density at radius 2 is 2.09 bits per heavy atom. The van der Waals surface area contributed by atoms with Crippen LogP contribution in [0.2, 0.25) is 5.02 Å². The Hall–Kier alpha value is -2.95. The lowest BCUT2D eigenvalue weighted by Crippen LogP contribution is -2.42. The number of nitrogens with one attached hydrogen (secondary N) is 1.